The number of primary amides is 1. The molecule has 3 rings (SSSR count). The number of hydrogen-bond donors (Lipinski definition) is 2. The van der Waals surface area contributed by atoms with Crippen molar-refractivity contribution in [3.05, 3.63) is 89.6 Å². The quantitative estimate of drug-likeness (QED) is 0.348. The van der Waals surface area contributed by atoms with Gasteiger partial charge in [-0.3, -0.25) is 9.69 Å². The number of rotatable bonds is 11. The Balaban J connectivity index is 1.65. The van der Waals surface area contributed by atoms with Crippen LogP contribution in [0, 0.1) is 0 Å². The van der Waals surface area contributed by atoms with E-state index in [2.05, 4.69) is 66.0 Å². The van der Waals surface area contributed by atoms with E-state index in [1.807, 2.05) is 12.1 Å². The highest BCUT2D eigenvalue weighted by molar-refractivity contribution is 5.90. The van der Waals surface area contributed by atoms with Crippen LogP contribution in [0.25, 0.3) is 17.0 Å². The molecule has 3 aromatic rings. The monoisotopic (exact) mass is 401 g/mol. The lowest BCUT2D eigenvalue weighted by Crippen LogP contribution is -2.27. The van der Waals surface area contributed by atoms with E-state index in [9.17, 15) is 4.79 Å². The molecule has 0 aliphatic rings. The number of allylic oxidation sites excluding steroid dienone is 1. The first kappa shape index (κ1) is 21.6. The average Bonchev–Trinajstić information content (AvgIpc) is 3.14. The summed E-state index contributed by atoms with van der Waals surface area (Å²) in [5.41, 5.74) is 11.2. The third kappa shape index (κ3) is 6.46. The number of H-pyrrole nitrogens is 1. The first-order valence-electron chi connectivity index (χ1n) is 10.5. The first-order chi connectivity index (χ1) is 14.5. The Kier molecular flexibility index (Phi) is 7.63. The second-order valence-corrected chi connectivity index (χ2v) is 7.92. The fourth-order valence-corrected chi connectivity index (χ4v) is 3.66. The number of para-hydroxylation sites is 1. The maximum absolute atomic E-state index is 10.9. The van der Waals surface area contributed by atoms with Crippen LogP contribution in [0.5, 0.6) is 0 Å². The second kappa shape index (κ2) is 10.6. The highest BCUT2D eigenvalue weighted by Gasteiger charge is 2.09. The smallest absolute Gasteiger partial charge is 0.241 e. The minimum absolute atomic E-state index is 0.431. The van der Waals surface area contributed by atoms with Crippen molar-refractivity contribution in [3.63, 3.8) is 0 Å². The standard InChI is InChI=1S/C26H31N3O/c1-20(2)6-5-16-29(17-15-23-18-28-25-8-4-3-7-24(23)25)19-22-11-9-21(10-12-22)13-14-26(27)30/h3-4,7-14,18,28H,1,5-6,15-17,19H2,2H3,(H2,27,30)/b14-13+. The minimum Gasteiger partial charge on any atom is -0.366 e. The van der Waals surface area contributed by atoms with Gasteiger partial charge < -0.3 is 10.7 Å². The molecule has 0 unspecified atom stereocenters. The van der Waals surface area contributed by atoms with E-state index in [0.717, 1.165) is 44.5 Å². The normalized spacial score (nSPS) is 11.5. The molecule has 0 spiro atoms. The van der Waals surface area contributed by atoms with Crippen LogP contribution in [0.15, 0.2) is 73.0 Å². The number of fused-ring (bicyclic) bond motifs is 1. The van der Waals surface area contributed by atoms with Gasteiger partial charge in [-0.05, 0) is 61.6 Å². The predicted octanol–water partition coefficient (Wildman–Crippen LogP) is 5.07. The number of hydrogen-bond acceptors (Lipinski definition) is 2. The number of benzene rings is 2. The van der Waals surface area contributed by atoms with Gasteiger partial charge >= 0.3 is 0 Å². The summed E-state index contributed by atoms with van der Waals surface area (Å²) in [5, 5.41) is 1.31. The predicted molar refractivity (Wildman–Crippen MR) is 126 cm³/mol. The van der Waals surface area contributed by atoms with Crippen LogP contribution in [0.4, 0.5) is 0 Å². The molecular formula is C26H31N3O. The van der Waals surface area contributed by atoms with Gasteiger partial charge in [-0.25, -0.2) is 0 Å². The molecule has 4 heteroatoms. The highest BCUT2D eigenvalue weighted by Crippen LogP contribution is 2.19. The van der Waals surface area contributed by atoms with Gasteiger partial charge in [-0.15, -0.1) is 6.58 Å². The molecule has 0 bridgehead atoms. The molecule has 1 amide bonds. The van der Waals surface area contributed by atoms with E-state index >= 15 is 0 Å². The number of amides is 1. The molecule has 2 aromatic carbocycles. The van der Waals surface area contributed by atoms with Crippen molar-refractivity contribution in [3.8, 4) is 0 Å². The van der Waals surface area contributed by atoms with Crippen molar-refractivity contribution in [1.29, 1.82) is 0 Å². The Morgan fingerprint density at radius 2 is 1.90 bits per heavy atom. The summed E-state index contributed by atoms with van der Waals surface area (Å²) >= 11 is 0. The fraction of sp³-hybridized carbons (Fsp3) is 0.269. The van der Waals surface area contributed by atoms with Crippen molar-refractivity contribution in [2.75, 3.05) is 13.1 Å². The summed E-state index contributed by atoms with van der Waals surface area (Å²) in [6, 6.07) is 16.8. The molecule has 30 heavy (non-hydrogen) atoms. The topological polar surface area (TPSA) is 62.1 Å². The number of aromatic amines is 1. The number of carbonyl (C=O) groups excluding carboxylic acids is 1. The number of nitrogens with one attached hydrogen (secondary N) is 1. The van der Waals surface area contributed by atoms with Crippen LogP contribution >= 0.6 is 0 Å². The number of nitrogens with zero attached hydrogens (tertiary/aromatic N) is 1. The number of nitrogens with two attached hydrogens (primary N) is 1. The molecule has 4 nitrogen and oxygen atoms in total. The van der Waals surface area contributed by atoms with Crippen LogP contribution in [0.2, 0.25) is 0 Å². The summed E-state index contributed by atoms with van der Waals surface area (Å²) in [7, 11) is 0. The third-order valence-electron chi connectivity index (χ3n) is 5.28. The van der Waals surface area contributed by atoms with Gasteiger partial charge in [-0.2, -0.15) is 0 Å². The van der Waals surface area contributed by atoms with Gasteiger partial charge in [-0.1, -0.05) is 48.0 Å². The molecule has 156 valence electrons. The summed E-state index contributed by atoms with van der Waals surface area (Å²) < 4.78 is 0. The van der Waals surface area contributed by atoms with E-state index in [0.29, 0.717) is 0 Å². The summed E-state index contributed by atoms with van der Waals surface area (Å²) in [4.78, 5) is 16.8. The van der Waals surface area contributed by atoms with Gasteiger partial charge in [0.2, 0.25) is 5.91 Å². The number of carbonyl (C=O) groups is 1. The van der Waals surface area contributed by atoms with Gasteiger partial charge in [0, 0.05) is 36.3 Å². The number of aromatic nitrogens is 1. The maximum atomic E-state index is 10.9. The van der Waals surface area contributed by atoms with E-state index in [1.54, 1.807) is 6.08 Å². The molecule has 1 heterocycles. The van der Waals surface area contributed by atoms with Gasteiger partial charge in [0.15, 0.2) is 0 Å². The molecule has 0 fully saturated rings. The molecular weight excluding hydrogens is 370 g/mol. The Morgan fingerprint density at radius 1 is 1.13 bits per heavy atom. The molecule has 3 N–H and O–H groups in total. The Hall–Kier alpha value is -3.11. The molecule has 0 saturated carbocycles. The molecule has 0 aliphatic carbocycles. The molecule has 0 radical (unpaired) electrons. The second-order valence-electron chi connectivity index (χ2n) is 7.92. The van der Waals surface area contributed by atoms with Gasteiger partial charge in [0.1, 0.15) is 0 Å². The van der Waals surface area contributed by atoms with E-state index in [-0.39, 0.29) is 0 Å². The minimum atomic E-state index is -0.431. The first-order valence-corrected chi connectivity index (χ1v) is 10.5. The lowest BCUT2D eigenvalue weighted by Gasteiger charge is -2.22. The van der Waals surface area contributed by atoms with Crippen molar-refractivity contribution < 1.29 is 4.79 Å². The third-order valence-corrected chi connectivity index (χ3v) is 5.28. The van der Waals surface area contributed by atoms with Crippen molar-refractivity contribution >= 4 is 22.9 Å². The highest BCUT2D eigenvalue weighted by atomic mass is 16.1. The van der Waals surface area contributed by atoms with Crippen LogP contribution in [-0.2, 0) is 17.8 Å². The van der Waals surface area contributed by atoms with Gasteiger partial charge in [0.25, 0.3) is 0 Å². The van der Waals surface area contributed by atoms with Crippen LogP contribution < -0.4 is 5.73 Å². The van der Waals surface area contributed by atoms with Crippen molar-refractivity contribution in [1.82, 2.24) is 9.88 Å². The SMILES string of the molecule is C=C(C)CCCN(CCc1c[nH]c2ccccc12)Cc1ccc(/C=C/C(N)=O)cc1. The van der Waals surface area contributed by atoms with Crippen LogP contribution in [0.3, 0.4) is 0 Å². The van der Waals surface area contributed by atoms with E-state index < -0.39 is 5.91 Å². The molecule has 0 aliphatic heterocycles. The summed E-state index contributed by atoms with van der Waals surface area (Å²) in [6.45, 7) is 9.07. The van der Waals surface area contributed by atoms with E-state index in [1.165, 1.54) is 33.7 Å². The van der Waals surface area contributed by atoms with E-state index in [4.69, 9.17) is 5.73 Å². The van der Waals surface area contributed by atoms with Crippen molar-refractivity contribution in [2.45, 2.75) is 32.7 Å². The molecule has 0 saturated heterocycles. The molecule has 1 aromatic heterocycles. The largest absolute Gasteiger partial charge is 0.366 e. The zero-order valence-electron chi connectivity index (χ0n) is 17.7. The van der Waals surface area contributed by atoms with Gasteiger partial charge in [0.05, 0.1) is 0 Å². The lowest BCUT2D eigenvalue weighted by atomic mass is 10.1. The van der Waals surface area contributed by atoms with Crippen LogP contribution in [-0.4, -0.2) is 28.9 Å². The fourth-order valence-electron chi connectivity index (χ4n) is 3.66. The summed E-state index contributed by atoms with van der Waals surface area (Å²) in [6.07, 6.45) is 8.45. The van der Waals surface area contributed by atoms with Crippen LogP contribution in [0.1, 0.15) is 36.5 Å². The lowest BCUT2D eigenvalue weighted by molar-refractivity contribution is -0.113. The summed E-state index contributed by atoms with van der Waals surface area (Å²) in [5.74, 6) is -0.431. The molecule has 0 atom stereocenters. The Morgan fingerprint density at radius 3 is 2.63 bits per heavy atom. The maximum Gasteiger partial charge on any atom is 0.241 e. The Bertz CT molecular complexity index is 1010. The van der Waals surface area contributed by atoms with Crippen molar-refractivity contribution in [2.24, 2.45) is 5.73 Å². The zero-order chi connectivity index (χ0) is 21.3. The average molecular weight is 402 g/mol. The Labute approximate surface area is 179 Å². The zero-order valence-corrected chi connectivity index (χ0v) is 17.7.